The first-order valence-corrected chi connectivity index (χ1v) is 7.48. The van der Waals surface area contributed by atoms with Crippen molar-refractivity contribution in [2.75, 3.05) is 26.3 Å². The molecular weight excluding hydrogens is 257 g/mol. The summed E-state index contributed by atoms with van der Waals surface area (Å²) in [5, 5.41) is 10.3. The van der Waals surface area contributed by atoms with Crippen LogP contribution in [0.3, 0.4) is 0 Å². The lowest BCUT2D eigenvalue weighted by atomic mass is 10.1. The molecule has 20 heavy (non-hydrogen) atoms. The zero-order valence-electron chi connectivity index (χ0n) is 11.7. The van der Waals surface area contributed by atoms with E-state index in [0.717, 1.165) is 26.2 Å². The van der Waals surface area contributed by atoms with E-state index in [1.807, 2.05) is 0 Å². The van der Waals surface area contributed by atoms with E-state index in [2.05, 4.69) is 4.90 Å². The van der Waals surface area contributed by atoms with Crippen LogP contribution in [0.1, 0.15) is 30.9 Å². The third-order valence-corrected chi connectivity index (χ3v) is 4.25. The Bertz CT molecular complexity index is 444. The maximum Gasteiger partial charge on any atom is 0.129 e. The first kappa shape index (κ1) is 14.0. The number of halogens is 1. The number of nitrogens with zero attached hydrogens (tertiary/aromatic N) is 1. The lowest BCUT2D eigenvalue weighted by molar-refractivity contribution is 0.0917. The third kappa shape index (κ3) is 3.37. The zero-order chi connectivity index (χ0) is 13.9. The molecule has 1 aliphatic heterocycles. The predicted octanol–water partition coefficient (Wildman–Crippen LogP) is 2.36. The van der Waals surface area contributed by atoms with Crippen molar-refractivity contribution in [1.29, 1.82) is 0 Å². The van der Waals surface area contributed by atoms with Gasteiger partial charge in [0.05, 0.1) is 12.7 Å². The van der Waals surface area contributed by atoms with Crippen LogP contribution in [0, 0.1) is 11.7 Å². The monoisotopic (exact) mass is 279 g/mol. The molecule has 1 N–H and O–H groups in total. The van der Waals surface area contributed by atoms with Crippen molar-refractivity contribution in [2.45, 2.75) is 31.4 Å². The Hall–Kier alpha value is -0.970. The summed E-state index contributed by atoms with van der Waals surface area (Å²) in [6.07, 6.45) is 2.73. The summed E-state index contributed by atoms with van der Waals surface area (Å²) in [4.78, 5) is 2.32. The molecule has 2 fully saturated rings. The summed E-state index contributed by atoms with van der Waals surface area (Å²) in [6.45, 7) is 3.14. The first-order chi connectivity index (χ1) is 9.74. The Kier molecular flexibility index (Phi) is 4.34. The molecule has 0 aromatic heterocycles. The van der Waals surface area contributed by atoms with E-state index in [-0.39, 0.29) is 5.82 Å². The maximum absolute atomic E-state index is 13.7. The van der Waals surface area contributed by atoms with Gasteiger partial charge in [0.25, 0.3) is 0 Å². The van der Waals surface area contributed by atoms with Crippen LogP contribution in [-0.4, -0.2) is 42.4 Å². The summed E-state index contributed by atoms with van der Waals surface area (Å²) in [5.74, 6) is 0.239. The first-order valence-electron chi connectivity index (χ1n) is 7.48. The Morgan fingerprint density at radius 2 is 2.10 bits per heavy atom. The normalized spacial score (nSPS) is 24.2. The van der Waals surface area contributed by atoms with Crippen molar-refractivity contribution >= 4 is 0 Å². The van der Waals surface area contributed by atoms with Crippen LogP contribution < -0.4 is 0 Å². The van der Waals surface area contributed by atoms with Crippen LogP contribution >= 0.6 is 0 Å². The van der Waals surface area contributed by atoms with Gasteiger partial charge in [0.15, 0.2) is 0 Å². The topological polar surface area (TPSA) is 32.7 Å². The molecule has 1 aromatic carbocycles. The number of hydrogen-bond donors (Lipinski definition) is 1. The molecule has 2 atom stereocenters. The van der Waals surface area contributed by atoms with E-state index in [1.165, 1.54) is 18.9 Å². The standard InChI is InChI=1S/C16H22FNO2/c17-15-4-2-1-3-14(15)16(19)10-18(13-5-6-13)9-12-7-8-20-11-12/h1-4,12-13,16,19H,5-11H2. The van der Waals surface area contributed by atoms with Crippen molar-refractivity contribution in [1.82, 2.24) is 4.90 Å². The number of aliphatic hydroxyl groups excluding tert-OH is 1. The van der Waals surface area contributed by atoms with E-state index in [4.69, 9.17) is 4.74 Å². The quantitative estimate of drug-likeness (QED) is 0.867. The largest absolute Gasteiger partial charge is 0.387 e. The minimum atomic E-state index is -0.751. The molecule has 1 saturated heterocycles. The molecule has 2 aliphatic rings. The van der Waals surface area contributed by atoms with Crippen LogP contribution in [0.2, 0.25) is 0 Å². The number of rotatable bonds is 6. The summed E-state index contributed by atoms with van der Waals surface area (Å²) < 4.78 is 19.1. The van der Waals surface area contributed by atoms with Crippen molar-refractivity contribution in [3.63, 3.8) is 0 Å². The van der Waals surface area contributed by atoms with Gasteiger partial charge in [-0.2, -0.15) is 0 Å². The molecule has 1 heterocycles. The fourth-order valence-electron chi connectivity index (χ4n) is 2.94. The molecule has 0 amide bonds. The molecule has 3 rings (SSSR count). The van der Waals surface area contributed by atoms with Gasteiger partial charge < -0.3 is 9.84 Å². The summed E-state index contributed by atoms with van der Waals surface area (Å²) in [6, 6.07) is 7.07. The van der Waals surface area contributed by atoms with E-state index in [9.17, 15) is 9.50 Å². The lowest BCUT2D eigenvalue weighted by Gasteiger charge is -2.27. The Balaban J connectivity index is 1.62. The summed E-state index contributed by atoms with van der Waals surface area (Å²) in [7, 11) is 0. The summed E-state index contributed by atoms with van der Waals surface area (Å²) >= 11 is 0. The van der Waals surface area contributed by atoms with Gasteiger partial charge in [-0.15, -0.1) is 0 Å². The molecule has 1 aliphatic carbocycles. The Morgan fingerprint density at radius 3 is 2.75 bits per heavy atom. The fraction of sp³-hybridized carbons (Fsp3) is 0.625. The van der Waals surface area contributed by atoms with Crippen molar-refractivity contribution in [2.24, 2.45) is 5.92 Å². The van der Waals surface area contributed by atoms with Crippen LogP contribution in [0.4, 0.5) is 4.39 Å². The lowest BCUT2D eigenvalue weighted by Crippen LogP contribution is -2.35. The molecule has 3 nitrogen and oxygen atoms in total. The minimum absolute atomic E-state index is 0.319. The van der Waals surface area contributed by atoms with E-state index in [0.29, 0.717) is 24.1 Å². The Morgan fingerprint density at radius 1 is 1.30 bits per heavy atom. The van der Waals surface area contributed by atoms with Gasteiger partial charge in [-0.05, 0) is 31.2 Å². The second-order valence-corrected chi connectivity index (χ2v) is 5.95. The van der Waals surface area contributed by atoms with Crippen LogP contribution in [0.5, 0.6) is 0 Å². The molecule has 0 spiro atoms. The highest BCUT2D eigenvalue weighted by molar-refractivity contribution is 5.20. The smallest absolute Gasteiger partial charge is 0.129 e. The van der Waals surface area contributed by atoms with Crippen LogP contribution in [-0.2, 0) is 4.74 Å². The second-order valence-electron chi connectivity index (χ2n) is 5.95. The molecule has 110 valence electrons. The van der Waals surface area contributed by atoms with Gasteiger partial charge in [-0.1, -0.05) is 18.2 Å². The number of aliphatic hydroxyl groups is 1. The minimum Gasteiger partial charge on any atom is -0.387 e. The molecule has 0 radical (unpaired) electrons. The third-order valence-electron chi connectivity index (χ3n) is 4.25. The Labute approximate surface area is 119 Å². The molecule has 0 bridgehead atoms. The molecule has 4 heteroatoms. The van der Waals surface area contributed by atoms with Gasteiger partial charge in [0.1, 0.15) is 5.82 Å². The molecule has 1 saturated carbocycles. The SMILES string of the molecule is OC(CN(CC1CCOC1)C1CC1)c1ccccc1F. The molecule has 2 unspecified atom stereocenters. The van der Waals surface area contributed by atoms with Gasteiger partial charge in [-0.25, -0.2) is 4.39 Å². The van der Waals surface area contributed by atoms with Gasteiger partial charge in [0.2, 0.25) is 0 Å². The predicted molar refractivity (Wildman–Crippen MR) is 74.9 cm³/mol. The zero-order valence-corrected chi connectivity index (χ0v) is 11.7. The van der Waals surface area contributed by atoms with Gasteiger partial charge in [-0.3, -0.25) is 4.90 Å². The highest BCUT2D eigenvalue weighted by Gasteiger charge is 2.33. The number of benzene rings is 1. The van der Waals surface area contributed by atoms with Gasteiger partial charge >= 0.3 is 0 Å². The van der Waals surface area contributed by atoms with E-state index >= 15 is 0 Å². The van der Waals surface area contributed by atoms with Crippen molar-refractivity contribution < 1.29 is 14.2 Å². The fourth-order valence-corrected chi connectivity index (χ4v) is 2.94. The molecular formula is C16H22FNO2. The van der Waals surface area contributed by atoms with Crippen molar-refractivity contribution in [3.05, 3.63) is 35.6 Å². The average molecular weight is 279 g/mol. The van der Waals surface area contributed by atoms with Crippen molar-refractivity contribution in [3.8, 4) is 0 Å². The number of hydrogen-bond acceptors (Lipinski definition) is 3. The average Bonchev–Trinajstić information content (AvgIpc) is 3.17. The maximum atomic E-state index is 13.7. The highest BCUT2D eigenvalue weighted by atomic mass is 19.1. The second kappa shape index (κ2) is 6.20. The highest BCUT2D eigenvalue weighted by Crippen LogP contribution is 2.31. The van der Waals surface area contributed by atoms with Crippen LogP contribution in [0.25, 0.3) is 0 Å². The summed E-state index contributed by atoms with van der Waals surface area (Å²) in [5.41, 5.74) is 0.404. The number of ether oxygens (including phenoxy) is 1. The molecule has 1 aromatic rings. The van der Waals surface area contributed by atoms with Gasteiger partial charge in [0, 0.05) is 31.3 Å². The van der Waals surface area contributed by atoms with E-state index < -0.39 is 6.10 Å². The van der Waals surface area contributed by atoms with Crippen LogP contribution in [0.15, 0.2) is 24.3 Å². The van der Waals surface area contributed by atoms with E-state index in [1.54, 1.807) is 18.2 Å².